The van der Waals surface area contributed by atoms with E-state index in [1.807, 2.05) is 0 Å². The van der Waals surface area contributed by atoms with Crippen molar-refractivity contribution >= 4 is 11.8 Å². The van der Waals surface area contributed by atoms with E-state index in [1.165, 1.54) is 37.7 Å². The molecule has 1 aromatic carbocycles. The molecule has 2 heteroatoms. The molecule has 1 fully saturated rings. The van der Waals surface area contributed by atoms with Gasteiger partial charge in [-0.2, -0.15) is 11.8 Å². The Morgan fingerprint density at radius 1 is 1.17 bits per heavy atom. The maximum absolute atomic E-state index is 3.74. The van der Waals surface area contributed by atoms with Gasteiger partial charge in [-0.1, -0.05) is 56.5 Å². The van der Waals surface area contributed by atoms with Crippen LogP contribution >= 0.6 is 11.8 Å². The van der Waals surface area contributed by atoms with Gasteiger partial charge in [-0.05, 0) is 18.4 Å². The Hall–Kier alpha value is -0.470. The molecule has 2 rings (SSSR count). The third-order valence-corrected chi connectivity index (χ3v) is 4.91. The topological polar surface area (TPSA) is 12.0 Å². The molecule has 0 saturated heterocycles. The molecule has 1 saturated carbocycles. The van der Waals surface area contributed by atoms with Crippen LogP contribution < -0.4 is 5.32 Å². The van der Waals surface area contributed by atoms with Crippen molar-refractivity contribution < 1.29 is 0 Å². The third-order valence-electron chi connectivity index (χ3n) is 3.68. The molecule has 1 aliphatic carbocycles. The quantitative estimate of drug-likeness (QED) is 0.824. The fourth-order valence-corrected chi connectivity index (χ4v) is 3.39. The summed E-state index contributed by atoms with van der Waals surface area (Å²) in [5.41, 5.74) is 1.44. The molecule has 0 radical (unpaired) electrons. The molecule has 1 aliphatic rings. The maximum atomic E-state index is 3.74. The Morgan fingerprint density at radius 2 is 1.89 bits per heavy atom. The van der Waals surface area contributed by atoms with Gasteiger partial charge in [0.1, 0.15) is 0 Å². The summed E-state index contributed by atoms with van der Waals surface area (Å²) in [4.78, 5) is 0. The van der Waals surface area contributed by atoms with Gasteiger partial charge in [-0.25, -0.2) is 0 Å². The first-order chi connectivity index (χ1) is 8.84. The monoisotopic (exact) mass is 263 g/mol. The zero-order valence-electron chi connectivity index (χ0n) is 11.4. The van der Waals surface area contributed by atoms with Crippen molar-refractivity contribution in [2.75, 3.05) is 6.54 Å². The predicted octanol–water partition coefficient (Wildman–Crippen LogP) is 4.23. The molecule has 1 atom stereocenters. The van der Waals surface area contributed by atoms with Crippen LogP contribution in [0.3, 0.4) is 0 Å². The van der Waals surface area contributed by atoms with Crippen LogP contribution in [0.25, 0.3) is 0 Å². The van der Waals surface area contributed by atoms with Crippen molar-refractivity contribution in [1.82, 2.24) is 5.32 Å². The first-order valence-electron chi connectivity index (χ1n) is 7.23. The third kappa shape index (κ3) is 5.03. The van der Waals surface area contributed by atoms with Gasteiger partial charge in [0.05, 0.1) is 0 Å². The lowest BCUT2D eigenvalue weighted by Gasteiger charge is -2.24. The van der Waals surface area contributed by atoms with Gasteiger partial charge in [-0.15, -0.1) is 0 Å². The summed E-state index contributed by atoms with van der Waals surface area (Å²) in [6.45, 7) is 3.49. The molecule has 1 aromatic rings. The lowest BCUT2D eigenvalue weighted by molar-refractivity contribution is 0.375. The van der Waals surface area contributed by atoms with Gasteiger partial charge in [0.2, 0.25) is 0 Å². The summed E-state index contributed by atoms with van der Waals surface area (Å²) in [5.74, 6) is 1.13. The number of nitrogens with one attached hydrogen (secondary N) is 1. The van der Waals surface area contributed by atoms with Crippen LogP contribution in [0.2, 0.25) is 0 Å². The summed E-state index contributed by atoms with van der Waals surface area (Å²) >= 11 is 2.06. The standard InChI is InChI=1S/C16H25NS/c1-14(12-17-16-10-6-3-7-11-16)18-13-15-8-4-2-5-9-15/h2,4-5,8-9,14,16-17H,3,6-7,10-13H2,1H3. The molecule has 1 unspecified atom stereocenters. The average molecular weight is 263 g/mol. The minimum absolute atomic E-state index is 0.701. The second-order valence-corrected chi connectivity index (χ2v) is 6.78. The largest absolute Gasteiger partial charge is 0.313 e. The first-order valence-corrected chi connectivity index (χ1v) is 8.28. The molecule has 0 spiro atoms. The van der Waals surface area contributed by atoms with E-state index in [1.54, 1.807) is 0 Å². The number of hydrogen-bond donors (Lipinski definition) is 1. The molecule has 1 N–H and O–H groups in total. The molecular formula is C16H25NS. The molecule has 1 nitrogen and oxygen atoms in total. The highest BCUT2D eigenvalue weighted by atomic mass is 32.2. The Morgan fingerprint density at radius 3 is 2.61 bits per heavy atom. The minimum Gasteiger partial charge on any atom is -0.313 e. The molecule has 0 bridgehead atoms. The zero-order valence-corrected chi connectivity index (χ0v) is 12.2. The normalized spacial score (nSPS) is 18.7. The van der Waals surface area contributed by atoms with Gasteiger partial charge in [-0.3, -0.25) is 0 Å². The Bertz CT molecular complexity index is 319. The van der Waals surface area contributed by atoms with E-state index in [4.69, 9.17) is 0 Å². The Labute approximate surface area is 116 Å². The molecular weight excluding hydrogens is 238 g/mol. The average Bonchev–Trinajstić information content (AvgIpc) is 2.45. The van der Waals surface area contributed by atoms with Gasteiger partial charge >= 0.3 is 0 Å². The zero-order chi connectivity index (χ0) is 12.6. The van der Waals surface area contributed by atoms with E-state index in [0.29, 0.717) is 5.25 Å². The van der Waals surface area contributed by atoms with E-state index < -0.39 is 0 Å². The van der Waals surface area contributed by atoms with Gasteiger partial charge in [0.25, 0.3) is 0 Å². The highest BCUT2D eigenvalue weighted by Gasteiger charge is 2.13. The molecule has 18 heavy (non-hydrogen) atoms. The fourth-order valence-electron chi connectivity index (χ4n) is 2.51. The Balaban J connectivity index is 1.61. The van der Waals surface area contributed by atoms with Crippen molar-refractivity contribution in [3.8, 4) is 0 Å². The Kier molecular flexibility index (Phi) is 6.09. The van der Waals surface area contributed by atoms with Crippen LogP contribution in [0.5, 0.6) is 0 Å². The van der Waals surface area contributed by atoms with Crippen molar-refractivity contribution in [3.05, 3.63) is 35.9 Å². The fraction of sp³-hybridized carbons (Fsp3) is 0.625. The lowest BCUT2D eigenvalue weighted by Crippen LogP contribution is -2.35. The number of hydrogen-bond acceptors (Lipinski definition) is 2. The minimum atomic E-state index is 0.701. The predicted molar refractivity (Wildman–Crippen MR) is 82.1 cm³/mol. The summed E-state index contributed by atoms with van der Waals surface area (Å²) in [7, 11) is 0. The highest BCUT2D eigenvalue weighted by Crippen LogP contribution is 2.20. The number of benzene rings is 1. The summed E-state index contributed by atoms with van der Waals surface area (Å²) in [6.07, 6.45) is 7.05. The van der Waals surface area contributed by atoms with Crippen molar-refractivity contribution in [2.45, 2.75) is 56.1 Å². The summed E-state index contributed by atoms with van der Waals surface area (Å²) in [6, 6.07) is 11.6. The second kappa shape index (κ2) is 7.85. The number of rotatable bonds is 6. The molecule has 0 amide bonds. The van der Waals surface area contributed by atoms with Crippen LogP contribution in [0.4, 0.5) is 0 Å². The van der Waals surface area contributed by atoms with Crippen molar-refractivity contribution in [2.24, 2.45) is 0 Å². The number of thioether (sulfide) groups is 1. The molecule has 0 heterocycles. The van der Waals surface area contributed by atoms with E-state index >= 15 is 0 Å². The van der Waals surface area contributed by atoms with Crippen molar-refractivity contribution in [1.29, 1.82) is 0 Å². The van der Waals surface area contributed by atoms with Crippen LogP contribution in [-0.4, -0.2) is 17.8 Å². The van der Waals surface area contributed by atoms with Gasteiger partial charge < -0.3 is 5.32 Å². The van der Waals surface area contributed by atoms with Crippen LogP contribution in [0.1, 0.15) is 44.6 Å². The van der Waals surface area contributed by atoms with E-state index in [2.05, 4.69) is 54.3 Å². The van der Waals surface area contributed by atoms with Crippen LogP contribution in [0.15, 0.2) is 30.3 Å². The van der Waals surface area contributed by atoms with Crippen LogP contribution in [0, 0.1) is 0 Å². The summed E-state index contributed by atoms with van der Waals surface area (Å²) in [5, 5.41) is 4.44. The molecule has 100 valence electrons. The van der Waals surface area contributed by atoms with Gasteiger partial charge in [0, 0.05) is 23.6 Å². The van der Waals surface area contributed by atoms with Crippen molar-refractivity contribution in [3.63, 3.8) is 0 Å². The second-order valence-electron chi connectivity index (χ2n) is 5.35. The molecule has 0 aliphatic heterocycles. The molecule has 0 aromatic heterocycles. The SMILES string of the molecule is CC(CNC1CCCCC1)SCc1ccccc1. The maximum Gasteiger partial charge on any atom is 0.0187 e. The van der Waals surface area contributed by atoms with E-state index in [9.17, 15) is 0 Å². The van der Waals surface area contributed by atoms with E-state index in [0.717, 1.165) is 18.3 Å². The smallest absolute Gasteiger partial charge is 0.0187 e. The lowest BCUT2D eigenvalue weighted by atomic mass is 9.95. The van der Waals surface area contributed by atoms with Crippen LogP contribution in [-0.2, 0) is 5.75 Å². The highest BCUT2D eigenvalue weighted by molar-refractivity contribution is 7.99. The first kappa shape index (κ1) is 14.0. The van der Waals surface area contributed by atoms with Gasteiger partial charge in [0.15, 0.2) is 0 Å². The summed E-state index contributed by atoms with van der Waals surface area (Å²) < 4.78 is 0. The van der Waals surface area contributed by atoms with E-state index in [-0.39, 0.29) is 0 Å².